The van der Waals surface area contributed by atoms with E-state index in [1.165, 1.54) is 4.57 Å². The number of nitrogens with zero attached hydrogens (tertiary/aromatic N) is 1. The van der Waals surface area contributed by atoms with Gasteiger partial charge in [0.1, 0.15) is 11.8 Å². The zero-order chi connectivity index (χ0) is 9.68. The third kappa shape index (κ3) is 2.37. The molecule has 4 nitrogen and oxygen atoms in total. The lowest BCUT2D eigenvalue weighted by Crippen LogP contribution is -2.18. The van der Waals surface area contributed by atoms with Crippen molar-refractivity contribution in [3.05, 3.63) is 29.4 Å². The molecule has 0 aromatic carbocycles. The number of aldehydes is 1. The number of pyridine rings is 1. The average molecular weight is 177 g/mol. The largest absolute Gasteiger partial charge is 0.303 e. The molecule has 0 unspecified atom stereocenters. The van der Waals surface area contributed by atoms with Crippen molar-refractivity contribution in [2.24, 2.45) is 0 Å². The summed E-state index contributed by atoms with van der Waals surface area (Å²) >= 11 is 0. The maximum Gasteiger partial charge on any atom is 0.130 e. The topological polar surface area (TPSA) is 69.7 Å². The van der Waals surface area contributed by atoms with Gasteiger partial charge in [0.05, 0.1) is 6.34 Å². The predicted molar refractivity (Wildman–Crippen MR) is 48.9 cm³/mol. The van der Waals surface area contributed by atoms with Crippen molar-refractivity contribution in [3.63, 3.8) is 0 Å². The molecule has 0 radical (unpaired) electrons. The lowest BCUT2D eigenvalue weighted by molar-refractivity contribution is -0.107. The van der Waals surface area contributed by atoms with Crippen LogP contribution in [0.3, 0.4) is 0 Å². The minimum atomic E-state index is 0.262. The Hall–Kier alpha value is -1.71. The highest BCUT2D eigenvalue weighted by Crippen LogP contribution is 1.97. The van der Waals surface area contributed by atoms with Gasteiger partial charge in [0.25, 0.3) is 0 Å². The SMILES string of the molecule is N=Cn1ccc(CCC=O)cc1=N. The molecule has 1 aromatic heterocycles. The number of aryl methyl sites for hydroxylation is 1. The second-order valence-electron chi connectivity index (χ2n) is 2.66. The van der Waals surface area contributed by atoms with Crippen LogP contribution >= 0.6 is 0 Å². The normalized spacial score (nSPS) is 9.54. The Kier molecular flexibility index (Phi) is 3.14. The van der Waals surface area contributed by atoms with Crippen LogP contribution in [0.1, 0.15) is 12.0 Å². The van der Waals surface area contributed by atoms with Crippen LogP contribution in [0.15, 0.2) is 18.3 Å². The van der Waals surface area contributed by atoms with Crippen LogP contribution in [0.2, 0.25) is 0 Å². The highest BCUT2D eigenvalue weighted by molar-refractivity contribution is 5.54. The van der Waals surface area contributed by atoms with E-state index in [4.69, 9.17) is 10.8 Å². The van der Waals surface area contributed by atoms with Gasteiger partial charge in [-0.25, -0.2) is 0 Å². The number of carbonyl (C=O) groups excluding carboxylic acids is 1. The summed E-state index contributed by atoms with van der Waals surface area (Å²) in [6.07, 6.45) is 4.73. The standard InChI is InChI=1S/C9H11N3O/c10-7-12-4-3-8(2-1-5-13)6-9(12)11/h3-7,10-11H,1-2H2. The molecular formula is C9H11N3O. The van der Waals surface area contributed by atoms with Crippen molar-refractivity contribution < 1.29 is 4.79 Å². The fourth-order valence-electron chi connectivity index (χ4n) is 1.05. The van der Waals surface area contributed by atoms with Crippen LogP contribution in [-0.2, 0) is 11.2 Å². The van der Waals surface area contributed by atoms with E-state index >= 15 is 0 Å². The molecule has 0 aliphatic carbocycles. The third-order valence-electron chi connectivity index (χ3n) is 1.74. The van der Waals surface area contributed by atoms with Gasteiger partial charge in [-0.1, -0.05) is 0 Å². The van der Waals surface area contributed by atoms with E-state index < -0.39 is 0 Å². The van der Waals surface area contributed by atoms with Crippen LogP contribution in [-0.4, -0.2) is 17.2 Å². The van der Waals surface area contributed by atoms with E-state index in [-0.39, 0.29) is 5.49 Å². The van der Waals surface area contributed by atoms with E-state index in [1.54, 1.807) is 12.3 Å². The van der Waals surface area contributed by atoms with Crippen molar-refractivity contribution in [1.29, 1.82) is 10.8 Å². The van der Waals surface area contributed by atoms with Crippen molar-refractivity contribution in [1.82, 2.24) is 4.57 Å². The average Bonchev–Trinajstić information content (AvgIpc) is 2.15. The zero-order valence-electron chi connectivity index (χ0n) is 7.16. The maximum atomic E-state index is 10.1. The highest BCUT2D eigenvalue weighted by atomic mass is 16.1. The molecule has 0 atom stereocenters. The first-order valence-corrected chi connectivity index (χ1v) is 3.98. The molecule has 68 valence electrons. The Morgan fingerprint density at radius 1 is 1.54 bits per heavy atom. The monoisotopic (exact) mass is 177 g/mol. The summed E-state index contributed by atoms with van der Waals surface area (Å²) in [6.45, 7) is 0. The minimum absolute atomic E-state index is 0.262. The molecule has 0 aliphatic rings. The van der Waals surface area contributed by atoms with Gasteiger partial charge in [-0.2, -0.15) is 0 Å². The van der Waals surface area contributed by atoms with E-state index in [0.29, 0.717) is 12.8 Å². The Bertz CT molecular complexity index is 367. The zero-order valence-corrected chi connectivity index (χ0v) is 7.16. The molecule has 0 aliphatic heterocycles. The van der Waals surface area contributed by atoms with E-state index in [9.17, 15) is 4.79 Å². The quantitative estimate of drug-likeness (QED) is 0.393. The summed E-state index contributed by atoms with van der Waals surface area (Å²) in [5, 5.41) is 14.4. The number of hydrogen-bond acceptors (Lipinski definition) is 3. The van der Waals surface area contributed by atoms with Gasteiger partial charge < -0.3 is 4.79 Å². The number of rotatable bonds is 4. The molecule has 2 N–H and O–H groups in total. The summed E-state index contributed by atoms with van der Waals surface area (Å²) in [6, 6.07) is 3.47. The van der Waals surface area contributed by atoms with Gasteiger partial charge in [0, 0.05) is 12.6 Å². The predicted octanol–water partition coefficient (Wildman–Crippen LogP) is 0.554. The maximum absolute atomic E-state index is 10.1. The lowest BCUT2D eigenvalue weighted by atomic mass is 10.1. The number of nitrogens with one attached hydrogen (secondary N) is 2. The number of carbonyl (C=O) groups is 1. The second kappa shape index (κ2) is 4.35. The lowest BCUT2D eigenvalue weighted by Gasteiger charge is -2.00. The second-order valence-corrected chi connectivity index (χ2v) is 2.66. The van der Waals surface area contributed by atoms with Crippen LogP contribution < -0.4 is 5.49 Å². The summed E-state index contributed by atoms with van der Waals surface area (Å²) in [4.78, 5) is 10.1. The van der Waals surface area contributed by atoms with Crippen LogP contribution in [0.25, 0.3) is 0 Å². The molecule has 1 rings (SSSR count). The van der Waals surface area contributed by atoms with Gasteiger partial charge in [0.15, 0.2) is 0 Å². The first kappa shape index (κ1) is 9.38. The van der Waals surface area contributed by atoms with E-state index in [0.717, 1.165) is 18.2 Å². The first-order valence-electron chi connectivity index (χ1n) is 3.98. The molecule has 4 heteroatoms. The minimum Gasteiger partial charge on any atom is -0.303 e. The molecule has 0 amide bonds. The van der Waals surface area contributed by atoms with Crippen LogP contribution in [0.5, 0.6) is 0 Å². The molecule has 1 aromatic rings. The first-order chi connectivity index (χ1) is 6.27. The fraction of sp³-hybridized carbons (Fsp3) is 0.222. The van der Waals surface area contributed by atoms with E-state index in [1.807, 2.05) is 6.07 Å². The summed E-state index contributed by atoms with van der Waals surface area (Å²) in [5.74, 6) is 0. The molecule has 1 heterocycles. The third-order valence-corrected chi connectivity index (χ3v) is 1.74. The van der Waals surface area contributed by atoms with Crippen molar-refractivity contribution in [3.8, 4) is 0 Å². The smallest absolute Gasteiger partial charge is 0.130 e. The van der Waals surface area contributed by atoms with Crippen molar-refractivity contribution in [2.75, 3.05) is 0 Å². The molecule has 0 saturated carbocycles. The van der Waals surface area contributed by atoms with Gasteiger partial charge in [-0.05, 0) is 24.1 Å². The number of aromatic nitrogens is 1. The van der Waals surface area contributed by atoms with Crippen molar-refractivity contribution in [2.45, 2.75) is 12.8 Å². The summed E-state index contributed by atoms with van der Waals surface area (Å²) < 4.78 is 1.39. The van der Waals surface area contributed by atoms with Gasteiger partial charge in [0.2, 0.25) is 0 Å². The molecular weight excluding hydrogens is 166 g/mol. The Labute approximate surface area is 75.9 Å². The number of hydrogen-bond donors (Lipinski definition) is 2. The summed E-state index contributed by atoms with van der Waals surface area (Å²) in [5.41, 5.74) is 1.22. The van der Waals surface area contributed by atoms with Crippen molar-refractivity contribution >= 4 is 12.6 Å². The van der Waals surface area contributed by atoms with Gasteiger partial charge in [-0.3, -0.25) is 15.4 Å². The Morgan fingerprint density at radius 3 is 2.85 bits per heavy atom. The van der Waals surface area contributed by atoms with E-state index in [2.05, 4.69) is 0 Å². The Morgan fingerprint density at radius 2 is 2.31 bits per heavy atom. The van der Waals surface area contributed by atoms with Gasteiger partial charge in [-0.15, -0.1) is 0 Å². The molecule has 0 saturated heterocycles. The summed E-state index contributed by atoms with van der Waals surface area (Å²) in [7, 11) is 0. The van der Waals surface area contributed by atoms with Crippen LogP contribution in [0, 0.1) is 10.8 Å². The molecule has 0 spiro atoms. The highest BCUT2D eigenvalue weighted by Gasteiger charge is 1.93. The fourth-order valence-corrected chi connectivity index (χ4v) is 1.05. The molecule has 0 bridgehead atoms. The molecule has 13 heavy (non-hydrogen) atoms. The van der Waals surface area contributed by atoms with Gasteiger partial charge >= 0.3 is 0 Å². The van der Waals surface area contributed by atoms with Crippen LogP contribution in [0.4, 0.5) is 0 Å². The molecule has 0 fully saturated rings. The Balaban J connectivity index is 2.89.